The van der Waals surface area contributed by atoms with Gasteiger partial charge in [-0.2, -0.15) is 0 Å². The van der Waals surface area contributed by atoms with E-state index in [1.165, 1.54) is 0 Å². The molecule has 1 aliphatic heterocycles. The third-order valence-corrected chi connectivity index (χ3v) is 3.07. The maximum atomic E-state index is 11.8. The van der Waals surface area contributed by atoms with Crippen molar-refractivity contribution in [1.82, 2.24) is 15.6 Å². The van der Waals surface area contributed by atoms with E-state index in [0.717, 1.165) is 30.9 Å². The molecule has 0 spiro atoms. The summed E-state index contributed by atoms with van der Waals surface area (Å²) in [6.07, 6.45) is 2.00. The molecule has 98 valence electrons. The number of nitrogens with one attached hydrogen (secondary N) is 2. The molecule has 5 heteroatoms. The lowest BCUT2D eigenvalue weighted by Crippen LogP contribution is -2.40. The molecule has 0 aromatic carbocycles. The predicted octanol–water partition coefficient (Wildman–Crippen LogP) is 0.516. The van der Waals surface area contributed by atoms with E-state index in [1.807, 2.05) is 37.2 Å². The van der Waals surface area contributed by atoms with Crippen LogP contribution < -0.4 is 15.5 Å². The first kappa shape index (κ1) is 12.8. The molecule has 1 atom stereocenters. The Labute approximate surface area is 108 Å². The minimum absolute atomic E-state index is 0.0259. The van der Waals surface area contributed by atoms with Crippen LogP contribution in [-0.2, 0) is 11.3 Å². The van der Waals surface area contributed by atoms with Gasteiger partial charge < -0.3 is 15.5 Å². The number of aromatic nitrogens is 1. The molecule has 0 saturated carbocycles. The number of hydrogen-bond acceptors (Lipinski definition) is 4. The fraction of sp³-hybridized carbons (Fsp3) is 0.538. The van der Waals surface area contributed by atoms with E-state index in [2.05, 4.69) is 15.6 Å². The summed E-state index contributed by atoms with van der Waals surface area (Å²) in [7, 11) is 3.90. The van der Waals surface area contributed by atoms with Crippen molar-refractivity contribution in [3.63, 3.8) is 0 Å². The van der Waals surface area contributed by atoms with Crippen LogP contribution in [-0.4, -0.2) is 37.6 Å². The summed E-state index contributed by atoms with van der Waals surface area (Å²) in [6, 6.07) is 5.80. The van der Waals surface area contributed by atoms with Gasteiger partial charge in [0.25, 0.3) is 0 Å². The molecule has 1 aromatic rings. The molecule has 1 aromatic heterocycles. The summed E-state index contributed by atoms with van der Waals surface area (Å²) < 4.78 is 0. The van der Waals surface area contributed by atoms with Gasteiger partial charge in [0.2, 0.25) is 5.91 Å². The van der Waals surface area contributed by atoms with Gasteiger partial charge in [0, 0.05) is 14.1 Å². The summed E-state index contributed by atoms with van der Waals surface area (Å²) in [6.45, 7) is 1.42. The number of rotatable bonds is 4. The van der Waals surface area contributed by atoms with E-state index in [0.29, 0.717) is 6.54 Å². The van der Waals surface area contributed by atoms with E-state index in [-0.39, 0.29) is 11.9 Å². The Morgan fingerprint density at radius 3 is 3.06 bits per heavy atom. The van der Waals surface area contributed by atoms with Gasteiger partial charge in [-0.15, -0.1) is 0 Å². The van der Waals surface area contributed by atoms with Crippen LogP contribution in [0.25, 0.3) is 0 Å². The largest absolute Gasteiger partial charge is 0.363 e. The minimum Gasteiger partial charge on any atom is -0.363 e. The highest BCUT2D eigenvalue weighted by Gasteiger charge is 2.21. The first-order valence-electron chi connectivity index (χ1n) is 6.31. The lowest BCUT2D eigenvalue weighted by molar-refractivity contribution is -0.122. The van der Waals surface area contributed by atoms with Crippen molar-refractivity contribution < 1.29 is 4.79 Å². The van der Waals surface area contributed by atoms with Gasteiger partial charge in [0.1, 0.15) is 5.82 Å². The molecular weight excluding hydrogens is 228 g/mol. The van der Waals surface area contributed by atoms with E-state index in [9.17, 15) is 4.79 Å². The molecule has 2 N–H and O–H groups in total. The quantitative estimate of drug-likeness (QED) is 0.815. The second kappa shape index (κ2) is 5.82. The average molecular weight is 248 g/mol. The van der Waals surface area contributed by atoms with Crippen molar-refractivity contribution in [2.75, 3.05) is 25.5 Å². The third-order valence-electron chi connectivity index (χ3n) is 3.07. The number of nitrogens with zero attached hydrogens (tertiary/aromatic N) is 2. The second-order valence-electron chi connectivity index (χ2n) is 4.75. The highest BCUT2D eigenvalue weighted by atomic mass is 16.2. The van der Waals surface area contributed by atoms with Crippen LogP contribution >= 0.6 is 0 Å². The fourth-order valence-electron chi connectivity index (χ4n) is 2.02. The molecule has 1 amide bonds. The number of pyridine rings is 1. The van der Waals surface area contributed by atoms with E-state index in [1.54, 1.807) is 0 Å². The zero-order chi connectivity index (χ0) is 13.0. The Balaban J connectivity index is 1.89. The minimum atomic E-state index is -0.0259. The Bertz CT molecular complexity index is 413. The standard InChI is InChI=1S/C13H20N4O/c1-17(2)12-7-3-5-10(16-12)9-15-13(18)11-6-4-8-14-11/h3,5,7,11,14H,4,6,8-9H2,1-2H3,(H,15,18). The summed E-state index contributed by atoms with van der Waals surface area (Å²) in [5.74, 6) is 0.977. The molecule has 0 radical (unpaired) electrons. The van der Waals surface area contributed by atoms with Crippen LogP contribution in [0, 0.1) is 0 Å². The molecule has 1 fully saturated rings. The van der Waals surface area contributed by atoms with Crippen molar-refractivity contribution in [2.45, 2.75) is 25.4 Å². The van der Waals surface area contributed by atoms with Crippen molar-refractivity contribution in [3.05, 3.63) is 23.9 Å². The molecular formula is C13H20N4O. The Morgan fingerprint density at radius 2 is 2.39 bits per heavy atom. The smallest absolute Gasteiger partial charge is 0.237 e. The normalized spacial score (nSPS) is 18.7. The zero-order valence-corrected chi connectivity index (χ0v) is 10.9. The van der Waals surface area contributed by atoms with Gasteiger partial charge in [-0.05, 0) is 31.5 Å². The topological polar surface area (TPSA) is 57.3 Å². The Kier molecular flexibility index (Phi) is 4.15. The first-order chi connectivity index (χ1) is 8.66. The average Bonchev–Trinajstić information content (AvgIpc) is 2.90. The van der Waals surface area contributed by atoms with E-state index in [4.69, 9.17) is 0 Å². The second-order valence-corrected chi connectivity index (χ2v) is 4.75. The van der Waals surface area contributed by atoms with Crippen molar-refractivity contribution in [3.8, 4) is 0 Å². The lowest BCUT2D eigenvalue weighted by Gasteiger charge is -2.14. The molecule has 1 unspecified atom stereocenters. The predicted molar refractivity (Wildman–Crippen MR) is 71.4 cm³/mol. The third kappa shape index (κ3) is 3.20. The van der Waals surface area contributed by atoms with Crippen LogP contribution in [0.4, 0.5) is 5.82 Å². The molecule has 1 aliphatic rings. The maximum absolute atomic E-state index is 11.8. The lowest BCUT2D eigenvalue weighted by atomic mass is 10.2. The van der Waals surface area contributed by atoms with Crippen LogP contribution in [0.5, 0.6) is 0 Å². The Morgan fingerprint density at radius 1 is 1.56 bits per heavy atom. The van der Waals surface area contributed by atoms with Crippen LogP contribution in [0.1, 0.15) is 18.5 Å². The summed E-state index contributed by atoms with van der Waals surface area (Å²) >= 11 is 0. The summed E-state index contributed by atoms with van der Waals surface area (Å²) in [4.78, 5) is 18.2. The van der Waals surface area contributed by atoms with Gasteiger partial charge in [-0.1, -0.05) is 6.07 Å². The molecule has 5 nitrogen and oxygen atoms in total. The van der Waals surface area contributed by atoms with Crippen LogP contribution in [0.15, 0.2) is 18.2 Å². The van der Waals surface area contributed by atoms with Crippen molar-refractivity contribution in [2.24, 2.45) is 0 Å². The van der Waals surface area contributed by atoms with Crippen molar-refractivity contribution in [1.29, 1.82) is 0 Å². The van der Waals surface area contributed by atoms with Gasteiger partial charge in [-0.25, -0.2) is 4.98 Å². The van der Waals surface area contributed by atoms with Crippen LogP contribution in [0.3, 0.4) is 0 Å². The Hall–Kier alpha value is -1.62. The van der Waals surface area contributed by atoms with E-state index >= 15 is 0 Å². The summed E-state index contributed by atoms with van der Waals surface area (Å²) in [5, 5.41) is 6.11. The summed E-state index contributed by atoms with van der Waals surface area (Å²) in [5.41, 5.74) is 0.882. The van der Waals surface area contributed by atoms with Gasteiger partial charge >= 0.3 is 0 Å². The van der Waals surface area contributed by atoms with Gasteiger partial charge in [0.05, 0.1) is 18.3 Å². The van der Waals surface area contributed by atoms with Gasteiger partial charge in [0.15, 0.2) is 0 Å². The number of anilines is 1. The van der Waals surface area contributed by atoms with Crippen molar-refractivity contribution >= 4 is 11.7 Å². The van der Waals surface area contributed by atoms with Crippen LogP contribution in [0.2, 0.25) is 0 Å². The number of amides is 1. The van der Waals surface area contributed by atoms with Gasteiger partial charge in [-0.3, -0.25) is 4.79 Å². The SMILES string of the molecule is CN(C)c1cccc(CNC(=O)C2CCCN2)n1. The van der Waals surface area contributed by atoms with E-state index < -0.39 is 0 Å². The number of carbonyl (C=O) groups excluding carboxylic acids is 1. The first-order valence-corrected chi connectivity index (χ1v) is 6.31. The fourth-order valence-corrected chi connectivity index (χ4v) is 2.02. The monoisotopic (exact) mass is 248 g/mol. The molecule has 18 heavy (non-hydrogen) atoms. The maximum Gasteiger partial charge on any atom is 0.237 e. The molecule has 0 aliphatic carbocycles. The number of hydrogen-bond donors (Lipinski definition) is 2. The molecule has 2 rings (SSSR count). The zero-order valence-electron chi connectivity index (χ0n) is 10.9. The highest BCUT2D eigenvalue weighted by molar-refractivity contribution is 5.81. The molecule has 0 bridgehead atoms. The number of carbonyl (C=O) groups is 1. The molecule has 1 saturated heterocycles. The highest BCUT2D eigenvalue weighted by Crippen LogP contribution is 2.08. The molecule has 2 heterocycles.